The Balaban J connectivity index is 3.06. The second-order valence-electron chi connectivity index (χ2n) is 7.50. The molecule has 9 N–H and O–H groups in total. The van der Waals surface area contributed by atoms with Crippen molar-refractivity contribution < 1.29 is 39.3 Å². The summed E-state index contributed by atoms with van der Waals surface area (Å²) < 4.78 is 0. The van der Waals surface area contributed by atoms with Gasteiger partial charge in [-0.05, 0) is 5.92 Å². The van der Waals surface area contributed by atoms with Crippen LogP contribution in [0.1, 0.15) is 32.4 Å². The molecule has 0 saturated heterocycles. The van der Waals surface area contributed by atoms with E-state index in [1.165, 1.54) is 12.5 Å². The maximum absolute atomic E-state index is 13.0. The second-order valence-corrected chi connectivity index (χ2v) is 7.50. The monoisotopic (exact) mass is 470 g/mol. The van der Waals surface area contributed by atoms with E-state index in [2.05, 4.69) is 25.9 Å². The van der Waals surface area contributed by atoms with Crippen molar-refractivity contribution >= 4 is 29.7 Å². The molecule has 0 aliphatic carbocycles. The van der Waals surface area contributed by atoms with Gasteiger partial charge in [0.2, 0.25) is 17.7 Å². The van der Waals surface area contributed by atoms with Crippen LogP contribution in [0.4, 0.5) is 0 Å². The number of nitrogens with zero attached hydrogens (tertiary/aromatic N) is 1. The molecule has 184 valence electrons. The van der Waals surface area contributed by atoms with Crippen LogP contribution in [-0.4, -0.2) is 85.7 Å². The molecular weight excluding hydrogens is 440 g/mol. The molecule has 1 heterocycles. The number of rotatable bonds is 14. The molecule has 5 atom stereocenters. The van der Waals surface area contributed by atoms with Gasteiger partial charge in [0.05, 0.1) is 19.4 Å². The van der Waals surface area contributed by atoms with Crippen LogP contribution in [-0.2, 0) is 30.4 Å². The lowest BCUT2D eigenvalue weighted by Crippen LogP contribution is -2.59. The van der Waals surface area contributed by atoms with Crippen molar-refractivity contribution in [2.45, 2.75) is 57.3 Å². The third kappa shape index (κ3) is 8.86. The first kappa shape index (κ1) is 27.5. The van der Waals surface area contributed by atoms with Crippen LogP contribution in [0.2, 0.25) is 0 Å². The van der Waals surface area contributed by atoms with E-state index >= 15 is 0 Å². The summed E-state index contributed by atoms with van der Waals surface area (Å²) in [5.41, 5.74) is 5.99. The maximum atomic E-state index is 13.0. The van der Waals surface area contributed by atoms with Gasteiger partial charge in [0.15, 0.2) is 0 Å². The SMILES string of the molecule is CCC(C)C(NC(=O)C(Cc1cnc[nH]1)NC(=O)C(N)CO)C(=O)NC(CC(=O)O)C(=O)O. The third-order valence-corrected chi connectivity index (χ3v) is 4.93. The number of aromatic amines is 1. The summed E-state index contributed by atoms with van der Waals surface area (Å²) in [5.74, 6) is -5.87. The van der Waals surface area contributed by atoms with E-state index < -0.39 is 72.8 Å². The van der Waals surface area contributed by atoms with Gasteiger partial charge < -0.3 is 42.0 Å². The van der Waals surface area contributed by atoms with Crippen LogP contribution >= 0.6 is 0 Å². The highest BCUT2D eigenvalue weighted by molar-refractivity contribution is 5.94. The second kappa shape index (κ2) is 13.1. The standard InChI is InChI=1S/C19H30N6O8/c1-3-9(2)15(18(31)24-13(19(32)33)5-14(27)28)25-17(30)12(4-10-6-21-8-22-10)23-16(29)11(20)7-26/h6,8-9,11-13,15,26H,3-5,7,20H2,1-2H3,(H,21,22)(H,23,29)(H,24,31)(H,25,30)(H,27,28)(H,32,33). The van der Waals surface area contributed by atoms with Crippen LogP contribution in [0, 0.1) is 5.92 Å². The number of carbonyl (C=O) groups is 5. The number of hydrogen-bond acceptors (Lipinski definition) is 8. The van der Waals surface area contributed by atoms with Crippen LogP contribution in [0.5, 0.6) is 0 Å². The van der Waals surface area contributed by atoms with Crippen molar-refractivity contribution in [2.75, 3.05) is 6.61 Å². The number of hydrogen-bond donors (Lipinski definition) is 8. The first-order chi connectivity index (χ1) is 15.5. The molecule has 0 aliphatic heterocycles. The summed E-state index contributed by atoms with van der Waals surface area (Å²) in [6, 6.07) is -5.39. The zero-order valence-electron chi connectivity index (χ0n) is 18.3. The van der Waals surface area contributed by atoms with E-state index in [1.807, 2.05) is 0 Å². The fraction of sp³-hybridized carbons (Fsp3) is 0.579. The van der Waals surface area contributed by atoms with Crippen LogP contribution < -0.4 is 21.7 Å². The molecule has 0 saturated carbocycles. The number of aliphatic hydroxyl groups is 1. The number of carboxylic acids is 2. The summed E-state index contributed by atoms with van der Waals surface area (Å²) in [4.78, 5) is 66.7. The van der Waals surface area contributed by atoms with Gasteiger partial charge in [0.1, 0.15) is 24.2 Å². The molecule has 5 unspecified atom stereocenters. The van der Waals surface area contributed by atoms with E-state index in [4.69, 9.17) is 15.9 Å². The topological polar surface area (TPSA) is 237 Å². The van der Waals surface area contributed by atoms with E-state index in [0.29, 0.717) is 12.1 Å². The molecule has 0 aliphatic rings. The van der Waals surface area contributed by atoms with Gasteiger partial charge >= 0.3 is 11.9 Å². The predicted octanol–water partition coefficient (Wildman–Crippen LogP) is -2.67. The van der Waals surface area contributed by atoms with Gasteiger partial charge in [-0.1, -0.05) is 20.3 Å². The van der Waals surface area contributed by atoms with Gasteiger partial charge in [0, 0.05) is 18.3 Å². The van der Waals surface area contributed by atoms with Gasteiger partial charge in [-0.25, -0.2) is 9.78 Å². The molecule has 0 fully saturated rings. The number of carbonyl (C=O) groups excluding carboxylic acids is 3. The Morgan fingerprint density at radius 1 is 1.06 bits per heavy atom. The normalized spacial score (nSPS) is 15.4. The number of H-pyrrole nitrogens is 1. The molecule has 0 spiro atoms. The van der Waals surface area contributed by atoms with Gasteiger partial charge in [-0.2, -0.15) is 0 Å². The first-order valence-corrected chi connectivity index (χ1v) is 10.2. The lowest BCUT2D eigenvalue weighted by Gasteiger charge is -2.27. The fourth-order valence-electron chi connectivity index (χ4n) is 2.78. The number of aliphatic hydroxyl groups excluding tert-OH is 1. The molecule has 14 heteroatoms. The summed E-state index contributed by atoms with van der Waals surface area (Å²) in [6.07, 6.45) is 2.33. The summed E-state index contributed by atoms with van der Waals surface area (Å²) in [5, 5.41) is 34.2. The highest BCUT2D eigenvalue weighted by atomic mass is 16.4. The number of imidazole rings is 1. The summed E-state index contributed by atoms with van der Waals surface area (Å²) in [7, 11) is 0. The number of nitrogens with two attached hydrogens (primary N) is 1. The highest BCUT2D eigenvalue weighted by Crippen LogP contribution is 2.10. The molecular formula is C19H30N6O8. The molecule has 33 heavy (non-hydrogen) atoms. The van der Waals surface area contributed by atoms with Crippen LogP contribution in [0.15, 0.2) is 12.5 Å². The van der Waals surface area contributed by atoms with E-state index in [-0.39, 0.29) is 6.42 Å². The molecule has 0 radical (unpaired) electrons. The Kier molecular flexibility index (Phi) is 10.9. The predicted molar refractivity (Wildman–Crippen MR) is 112 cm³/mol. The number of nitrogens with one attached hydrogen (secondary N) is 4. The smallest absolute Gasteiger partial charge is 0.326 e. The Morgan fingerprint density at radius 2 is 1.70 bits per heavy atom. The average Bonchev–Trinajstić information content (AvgIpc) is 3.27. The van der Waals surface area contributed by atoms with Crippen molar-refractivity contribution in [3.8, 4) is 0 Å². The first-order valence-electron chi connectivity index (χ1n) is 10.2. The minimum absolute atomic E-state index is 0.0403. The van der Waals surface area contributed by atoms with Crippen LogP contribution in [0.3, 0.4) is 0 Å². The van der Waals surface area contributed by atoms with Gasteiger partial charge in [0.25, 0.3) is 0 Å². The highest BCUT2D eigenvalue weighted by Gasteiger charge is 2.33. The number of aliphatic carboxylic acids is 2. The molecule has 0 aromatic carbocycles. The summed E-state index contributed by atoms with van der Waals surface area (Å²) in [6.45, 7) is 2.73. The largest absolute Gasteiger partial charge is 0.481 e. The molecule has 14 nitrogen and oxygen atoms in total. The average molecular weight is 470 g/mol. The Labute approximate surface area is 189 Å². The Hall–Kier alpha value is -3.52. The number of amides is 3. The molecule has 3 amide bonds. The lowest BCUT2D eigenvalue weighted by molar-refractivity contribution is -0.147. The van der Waals surface area contributed by atoms with Gasteiger partial charge in [-0.3, -0.25) is 19.2 Å². The van der Waals surface area contributed by atoms with E-state index in [1.54, 1.807) is 13.8 Å². The molecule has 1 aromatic rings. The van der Waals surface area contributed by atoms with Gasteiger partial charge in [-0.15, -0.1) is 0 Å². The quantitative estimate of drug-likeness (QED) is 0.140. The maximum Gasteiger partial charge on any atom is 0.326 e. The van der Waals surface area contributed by atoms with Crippen molar-refractivity contribution in [3.63, 3.8) is 0 Å². The van der Waals surface area contributed by atoms with Crippen molar-refractivity contribution in [2.24, 2.45) is 11.7 Å². The molecule has 1 aromatic heterocycles. The third-order valence-electron chi connectivity index (χ3n) is 4.93. The zero-order valence-corrected chi connectivity index (χ0v) is 18.3. The molecule has 1 rings (SSSR count). The fourth-order valence-corrected chi connectivity index (χ4v) is 2.78. The minimum Gasteiger partial charge on any atom is -0.481 e. The van der Waals surface area contributed by atoms with Crippen molar-refractivity contribution in [1.29, 1.82) is 0 Å². The number of aromatic nitrogens is 2. The Morgan fingerprint density at radius 3 is 2.18 bits per heavy atom. The van der Waals surface area contributed by atoms with Crippen molar-refractivity contribution in [3.05, 3.63) is 18.2 Å². The summed E-state index contributed by atoms with van der Waals surface area (Å²) >= 11 is 0. The van der Waals surface area contributed by atoms with Crippen LogP contribution in [0.25, 0.3) is 0 Å². The minimum atomic E-state index is -1.69. The van der Waals surface area contributed by atoms with Crippen molar-refractivity contribution in [1.82, 2.24) is 25.9 Å². The van der Waals surface area contributed by atoms with E-state index in [0.717, 1.165) is 0 Å². The zero-order chi connectivity index (χ0) is 25.1. The number of carboxylic acid groups (broad SMARTS) is 2. The lowest BCUT2D eigenvalue weighted by atomic mass is 9.97. The Bertz CT molecular complexity index is 830. The van der Waals surface area contributed by atoms with E-state index in [9.17, 15) is 29.1 Å². The molecule has 0 bridgehead atoms.